The molecule has 39 valence electrons. The van der Waals surface area contributed by atoms with E-state index in [9.17, 15) is 9.18 Å². The van der Waals surface area contributed by atoms with Crippen LogP contribution in [0.2, 0.25) is 0 Å². The van der Waals surface area contributed by atoms with Gasteiger partial charge in [0.05, 0.1) is 0 Å². The molecule has 0 aliphatic rings. The summed E-state index contributed by atoms with van der Waals surface area (Å²) in [5.41, 5.74) is 4.27. The molecule has 0 bridgehead atoms. The van der Waals surface area contributed by atoms with Crippen LogP contribution in [-0.2, 0) is 9.59 Å². The molecule has 0 aromatic heterocycles. The Balaban J connectivity index is 3.55. The molecule has 0 saturated carbocycles. The Morgan fingerprint density at radius 1 is 1.86 bits per heavy atom. The number of hydrogen-bond acceptors (Lipinski definition) is 2. The van der Waals surface area contributed by atoms with Crippen molar-refractivity contribution in [2.45, 2.75) is 6.17 Å². The van der Waals surface area contributed by atoms with Crippen LogP contribution in [0.15, 0.2) is 0 Å². The third-order valence-electron chi connectivity index (χ3n) is 0.353. The Bertz CT molecular complexity index is 92.9. The van der Waals surface area contributed by atoms with Crippen molar-refractivity contribution in [3.63, 3.8) is 0 Å². The highest BCUT2D eigenvalue weighted by molar-refractivity contribution is 5.93. The first kappa shape index (κ1) is 6.07. The first-order chi connectivity index (χ1) is 3.18. The number of primary amides is 1. The molecule has 0 aliphatic heterocycles. The fourth-order valence-corrected chi connectivity index (χ4v) is 0.0581. The molecule has 1 amide bonds. The number of halogens is 1. The third-order valence-corrected chi connectivity index (χ3v) is 0.353. The van der Waals surface area contributed by atoms with Gasteiger partial charge in [0.2, 0.25) is 12.5 Å². The van der Waals surface area contributed by atoms with Gasteiger partial charge in [0, 0.05) is 0 Å². The van der Waals surface area contributed by atoms with Crippen LogP contribution in [0.1, 0.15) is 0 Å². The number of carbonyl (C=O) groups is 1. The van der Waals surface area contributed by atoms with Crippen molar-refractivity contribution in [1.82, 2.24) is 0 Å². The van der Waals surface area contributed by atoms with Crippen molar-refractivity contribution in [2.75, 3.05) is 0 Å². The Morgan fingerprint density at radius 3 is 2.29 bits per heavy atom. The SMILES string of the molecule is NC(=O)C(F)[C]=O. The standard InChI is InChI=1S/C3H3FNO2/c4-2(1-6)3(5)7/h2H,(H2,5,7). The van der Waals surface area contributed by atoms with Crippen molar-refractivity contribution >= 4 is 12.2 Å². The van der Waals surface area contributed by atoms with E-state index in [0.29, 0.717) is 0 Å². The van der Waals surface area contributed by atoms with Gasteiger partial charge in [0.1, 0.15) is 0 Å². The van der Waals surface area contributed by atoms with Gasteiger partial charge in [-0.25, -0.2) is 4.39 Å². The van der Waals surface area contributed by atoms with E-state index >= 15 is 0 Å². The molecule has 3 nitrogen and oxygen atoms in total. The van der Waals surface area contributed by atoms with Gasteiger partial charge < -0.3 is 5.73 Å². The van der Waals surface area contributed by atoms with E-state index in [0.717, 1.165) is 6.29 Å². The summed E-state index contributed by atoms with van der Waals surface area (Å²) < 4.78 is 11.4. The Morgan fingerprint density at radius 2 is 2.29 bits per heavy atom. The van der Waals surface area contributed by atoms with Crippen LogP contribution in [0.5, 0.6) is 0 Å². The van der Waals surface area contributed by atoms with Gasteiger partial charge in [0.15, 0.2) is 0 Å². The summed E-state index contributed by atoms with van der Waals surface area (Å²) in [5, 5.41) is 0. The molecular weight excluding hydrogens is 101 g/mol. The number of amides is 1. The van der Waals surface area contributed by atoms with Crippen LogP contribution in [0.4, 0.5) is 4.39 Å². The van der Waals surface area contributed by atoms with Crippen LogP contribution in [0, 0.1) is 0 Å². The highest BCUT2D eigenvalue weighted by Gasteiger charge is 2.10. The molecule has 0 fully saturated rings. The second kappa shape index (κ2) is 2.28. The maximum Gasteiger partial charge on any atom is 0.260 e. The van der Waals surface area contributed by atoms with Gasteiger partial charge in [-0.05, 0) is 0 Å². The maximum absolute atomic E-state index is 11.4. The van der Waals surface area contributed by atoms with Crippen molar-refractivity contribution in [3.8, 4) is 0 Å². The molecule has 0 rings (SSSR count). The van der Waals surface area contributed by atoms with Gasteiger partial charge in [-0.15, -0.1) is 0 Å². The van der Waals surface area contributed by atoms with Gasteiger partial charge in [-0.1, -0.05) is 0 Å². The van der Waals surface area contributed by atoms with Crippen molar-refractivity contribution in [1.29, 1.82) is 0 Å². The lowest BCUT2D eigenvalue weighted by atomic mass is 10.4. The van der Waals surface area contributed by atoms with Crippen molar-refractivity contribution in [3.05, 3.63) is 0 Å². The lowest BCUT2D eigenvalue weighted by Gasteiger charge is -1.84. The normalized spacial score (nSPS) is 12.7. The topological polar surface area (TPSA) is 60.2 Å². The smallest absolute Gasteiger partial charge is 0.260 e. The highest BCUT2D eigenvalue weighted by atomic mass is 19.1. The minimum atomic E-state index is -2.26. The predicted molar refractivity (Wildman–Crippen MR) is 19.8 cm³/mol. The second-order valence-electron chi connectivity index (χ2n) is 0.883. The molecular formula is C3H3FNO2. The second-order valence-corrected chi connectivity index (χ2v) is 0.883. The van der Waals surface area contributed by atoms with Crippen LogP contribution in [0.25, 0.3) is 0 Å². The van der Waals surface area contributed by atoms with Gasteiger partial charge in [-0.3, -0.25) is 9.59 Å². The molecule has 0 spiro atoms. The van der Waals surface area contributed by atoms with E-state index in [4.69, 9.17) is 4.79 Å². The first-order valence-electron chi connectivity index (χ1n) is 1.49. The summed E-state index contributed by atoms with van der Waals surface area (Å²) in [5.74, 6) is -1.30. The van der Waals surface area contributed by atoms with E-state index in [2.05, 4.69) is 5.73 Å². The van der Waals surface area contributed by atoms with Gasteiger partial charge in [0.25, 0.3) is 5.91 Å². The maximum atomic E-state index is 11.4. The molecule has 1 radical (unpaired) electrons. The summed E-state index contributed by atoms with van der Waals surface area (Å²) >= 11 is 0. The van der Waals surface area contributed by atoms with Gasteiger partial charge >= 0.3 is 0 Å². The molecule has 0 aromatic carbocycles. The number of hydrogen-bond donors (Lipinski definition) is 1. The lowest BCUT2D eigenvalue weighted by molar-refractivity contribution is -0.120. The molecule has 2 N–H and O–H groups in total. The summed E-state index contributed by atoms with van der Waals surface area (Å²) in [4.78, 5) is 18.7. The van der Waals surface area contributed by atoms with Crippen LogP contribution < -0.4 is 5.73 Å². The third kappa shape index (κ3) is 1.86. The molecule has 0 aliphatic carbocycles. The largest absolute Gasteiger partial charge is 0.367 e. The van der Waals surface area contributed by atoms with Crippen molar-refractivity contribution < 1.29 is 14.0 Å². The number of nitrogens with two attached hydrogens (primary N) is 1. The van der Waals surface area contributed by atoms with E-state index in [1.165, 1.54) is 0 Å². The number of carbonyl (C=O) groups excluding carboxylic acids is 2. The monoisotopic (exact) mass is 104 g/mol. The molecule has 1 unspecified atom stereocenters. The average molecular weight is 104 g/mol. The van der Waals surface area contributed by atoms with Crippen LogP contribution in [0.3, 0.4) is 0 Å². The van der Waals surface area contributed by atoms with E-state index < -0.39 is 12.1 Å². The van der Waals surface area contributed by atoms with E-state index in [-0.39, 0.29) is 0 Å². The molecule has 0 heterocycles. The zero-order valence-electron chi connectivity index (χ0n) is 3.35. The minimum absolute atomic E-state index is 0.773. The van der Waals surface area contributed by atoms with Gasteiger partial charge in [-0.2, -0.15) is 0 Å². The summed E-state index contributed by atoms with van der Waals surface area (Å²) in [6.45, 7) is 0. The Kier molecular flexibility index (Phi) is 1.98. The highest BCUT2D eigenvalue weighted by Crippen LogP contribution is 1.78. The fourth-order valence-electron chi connectivity index (χ4n) is 0.0581. The zero-order chi connectivity index (χ0) is 5.86. The van der Waals surface area contributed by atoms with E-state index in [1.807, 2.05) is 0 Å². The Hall–Kier alpha value is -0.930. The predicted octanol–water partition coefficient (Wildman–Crippen LogP) is -1.08. The lowest BCUT2D eigenvalue weighted by Crippen LogP contribution is -2.25. The number of rotatable bonds is 2. The molecule has 7 heavy (non-hydrogen) atoms. The summed E-state index contributed by atoms with van der Waals surface area (Å²) in [6, 6.07) is 0. The molecule has 0 aromatic rings. The fraction of sp³-hybridized carbons (Fsp3) is 0.333. The average Bonchev–Trinajstić information content (AvgIpc) is 1.65. The van der Waals surface area contributed by atoms with Crippen molar-refractivity contribution in [2.24, 2.45) is 5.73 Å². The molecule has 1 atom stereocenters. The molecule has 0 saturated heterocycles. The first-order valence-corrected chi connectivity index (χ1v) is 1.49. The number of alkyl halides is 1. The van der Waals surface area contributed by atoms with Crippen LogP contribution in [-0.4, -0.2) is 18.4 Å². The summed E-state index contributed by atoms with van der Waals surface area (Å²) in [7, 11) is 0. The molecule has 4 heteroatoms. The summed E-state index contributed by atoms with van der Waals surface area (Å²) in [6.07, 6.45) is -1.49. The minimum Gasteiger partial charge on any atom is -0.367 e. The quantitative estimate of drug-likeness (QED) is 0.453. The van der Waals surface area contributed by atoms with Crippen LogP contribution >= 0.6 is 0 Å². The van der Waals surface area contributed by atoms with E-state index in [1.54, 1.807) is 0 Å². The zero-order valence-corrected chi connectivity index (χ0v) is 3.35. The Labute approximate surface area is 39.3 Å².